The van der Waals surface area contributed by atoms with E-state index in [0.717, 1.165) is 23.0 Å². The fraction of sp³-hybridized carbons (Fsp3) is 0.118. The van der Waals surface area contributed by atoms with Crippen molar-refractivity contribution in [2.45, 2.75) is 12.7 Å². The molecule has 0 aliphatic heterocycles. The highest BCUT2D eigenvalue weighted by Gasteiger charge is 2.30. The maximum Gasteiger partial charge on any atom is 0.416 e. The van der Waals surface area contributed by atoms with Gasteiger partial charge in [-0.25, -0.2) is 0 Å². The molecule has 0 saturated heterocycles. The Bertz CT molecular complexity index is 902. The molecular weight excluding hydrogens is 341 g/mol. The fourth-order valence-corrected chi connectivity index (χ4v) is 2.62. The van der Waals surface area contributed by atoms with Crippen molar-refractivity contribution >= 4 is 34.1 Å². The van der Waals surface area contributed by atoms with Gasteiger partial charge in [0.05, 0.1) is 5.56 Å². The number of halogens is 4. The van der Waals surface area contributed by atoms with Gasteiger partial charge in [-0.05, 0) is 42.5 Å². The van der Waals surface area contributed by atoms with Gasteiger partial charge in [-0.1, -0.05) is 17.7 Å². The van der Waals surface area contributed by atoms with Crippen molar-refractivity contribution in [1.29, 1.82) is 0 Å². The molecule has 0 bridgehead atoms. The molecule has 124 valence electrons. The molecule has 3 aromatic rings. The lowest BCUT2D eigenvalue weighted by molar-refractivity contribution is -0.137. The zero-order chi connectivity index (χ0) is 17.3. The van der Waals surface area contributed by atoms with Crippen molar-refractivity contribution in [2.75, 3.05) is 5.32 Å². The highest BCUT2D eigenvalue weighted by Crippen LogP contribution is 2.30. The third-order valence-corrected chi connectivity index (χ3v) is 3.76. The molecule has 7 heteroatoms. The molecular formula is C17H12ClF3N2O. The Kier molecular flexibility index (Phi) is 4.24. The van der Waals surface area contributed by atoms with E-state index >= 15 is 0 Å². The Morgan fingerprint density at radius 1 is 1.12 bits per heavy atom. The minimum absolute atomic E-state index is 0.0125. The fourth-order valence-electron chi connectivity index (χ4n) is 2.44. The van der Waals surface area contributed by atoms with Gasteiger partial charge in [0, 0.05) is 27.8 Å². The largest absolute Gasteiger partial charge is 0.416 e. The van der Waals surface area contributed by atoms with Crippen molar-refractivity contribution in [3.63, 3.8) is 0 Å². The number of nitrogens with zero attached hydrogens (tertiary/aromatic N) is 1. The Morgan fingerprint density at radius 3 is 2.67 bits per heavy atom. The summed E-state index contributed by atoms with van der Waals surface area (Å²) < 4.78 is 39.8. The van der Waals surface area contributed by atoms with Crippen LogP contribution in [0.15, 0.2) is 54.7 Å². The second-order valence-corrected chi connectivity index (χ2v) is 5.71. The first-order valence-electron chi connectivity index (χ1n) is 7.04. The monoisotopic (exact) mass is 352 g/mol. The molecule has 0 aliphatic carbocycles. The van der Waals surface area contributed by atoms with Gasteiger partial charge in [-0.3, -0.25) is 4.79 Å². The number of alkyl halides is 3. The lowest BCUT2D eigenvalue weighted by Gasteiger charge is -2.10. The van der Waals surface area contributed by atoms with Crippen molar-refractivity contribution in [3.8, 4) is 0 Å². The van der Waals surface area contributed by atoms with Gasteiger partial charge in [-0.2, -0.15) is 13.2 Å². The van der Waals surface area contributed by atoms with Crippen LogP contribution in [0.25, 0.3) is 10.9 Å². The zero-order valence-corrected chi connectivity index (χ0v) is 13.0. The zero-order valence-electron chi connectivity index (χ0n) is 12.3. The molecule has 24 heavy (non-hydrogen) atoms. The third-order valence-electron chi connectivity index (χ3n) is 3.52. The summed E-state index contributed by atoms with van der Waals surface area (Å²) in [6, 6.07) is 11.6. The van der Waals surface area contributed by atoms with E-state index < -0.39 is 17.6 Å². The molecule has 3 rings (SSSR count). The van der Waals surface area contributed by atoms with Crippen LogP contribution in [0.4, 0.5) is 18.9 Å². The Morgan fingerprint density at radius 2 is 1.92 bits per heavy atom. The smallest absolute Gasteiger partial charge is 0.338 e. The molecule has 0 radical (unpaired) electrons. The van der Waals surface area contributed by atoms with Gasteiger partial charge in [-0.15, -0.1) is 0 Å². The summed E-state index contributed by atoms with van der Waals surface area (Å²) in [7, 11) is 0. The molecule has 1 amide bonds. The molecule has 2 aromatic carbocycles. The summed E-state index contributed by atoms with van der Waals surface area (Å²) in [4.78, 5) is 12.1. The minimum atomic E-state index is -4.45. The molecule has 0 spiro atoms. The van der Waals surface area contributed by atoms with Crippen LogP contribution in [0.1, 0.15) is 5.56 Å². The van der Waals surface area contributed by atoms with Crippen molar-refractivity contribution in [3.05, 3.63) is 65.3 Å². The molecule has 1 heterocycles. The number of fused-ring (bicyclic) bond motifs is 1. The molecule has 3 nitrogen and oxygen atoms in total. The first-order chi connectivity index (χ1) is 11.3. The number of anilines is 1. The van der Waals surface area contributed by atoms with Crippen LogP contribution in [-0.4, -0.2) is 10.5 Å². The van der Waals surface area contributed by atoms with Crippen LogP contribution in [-0.2, 0) is 17.5 Å². The lowest BCUT2D eigenvalue weighted by Crippen LogP contribution is -2.18. The second kappa shape index (κ2) is 6.20. The SMILES string of the molecule is O=C(Cn1ccc2cc(Cl)ccc21)Nc1cccc(C(F)(F)F)c1. The van der Waals surface area contributed by atoms with Gasteiger partial charge in [0.15, 0.2) is 0 Å². The van der Waals surface area contributed by atoms with Gasteiger partial charge in [0.1, 0.15) is 6.54 Å². The van der Waals surface area contributed by atoms with E-state index in [9.17, 15) is 18.0 Å². The average molecular weight is 353 g/mol. The normalized spacial score (nSPS) is 11.7. The van der Waals surface area contributed by atoms with Crippen LogP contribution < -0.4 is 5.32 Å². The number of benzene rings is 2. The maximum atomic E-state index is 12.7. The topological polar surface area (TPSA) is 34.0 Å². The Labute approximate surface area is 140 Å². The number of nitrogens with one attached hydrogen (secondary N) is 1. The molecule has 0 saturated carbocycles. The van der Waals surface area contributed by atoms with Crippen LogP contribution in [0.3, 0.4) is 0 Å². The highest BCUT2D eigenvalue weighted by atomic mass is 35.5. The predicted molar refractivity (Wildman–Crippen MR) is 87.0 cm³/mol. The molecule has 1 N–H and O–H groups in total. The van der Waals surface area contributed by atoms with E-state index in [0.29, 0.717) is 5.02 Å². The summed E-state index contributed by atoms with van der Waals surface area (Å²) in [5.41, 5.74) is 0.120. The number of amides is 1. The van der Waals surface area contributed by atoms with Crippen LogP contribution >= 0.6 is 11.6 Å². The quantitative estimate of drug-likeness (QED) is 0.710. The van der Waals surface area contributed by atoms with Gasteiger partial charge < -0.3 is 9.88 Å². The van der Waals surface area contributed by atoms with Crippen LogP contribution in [0, 0.1) is 0 Å². The van der Waals surface area contributed by atoms with E-state index in [4.69, 9.17) is 11.6 Å². The van der Waals surface area contributed by atoms with E-state index in [1.54, 1.807) is 29.0 Å². The standard InChI is InChI=1S/C17H12ClF3N2O/c18-13-4-5-15-11(8-13)6-7-23(15)10-16(24)22-14-3-1-2-12(9-14)17(19,20)21/h1-9H,10H2,(H,22,24). The first-order valence-corrected chi connectivity index (χ1v) is 7.42. The predicted octanol–water partition coefficient (Wildman–Crippen LogP) is 4.95. The first kappa shape index (κ1) is 16.4. The second-order valence-electron chi connectivity index (χ2n) is 5.27. The summed E-state index contributed by atoms with van der Waals surface area (Å²) >= 11 is 5.91. The summed E-state index contributed by atoms with van der Waals surface area (Å²) in [6.45, 7) is -0.0125. The highest BCUT2D eigenvalue weighted by molar-refractivity contribution is 6.31. The molecule has 0 aliphatic rings. The van der Waals surface area contributed by atoms with Crippen LogP contribution in [0.5, 0.6) is 0 Å². The minimum Gasteiger partial charge on any atom is -0.338 e. The van der Waals surface area contributed by atoms with Crippen molar-refractivity contribution in [1.82, 2.24) is 4.57 Å². The van der Waals surface area contributed by atoms with Crippen LogP contribution in [0.2, 0.25) is 5.02 Å². The molecule has 0 fully saturated rings. The number of rotatable bonds is 3. The molecule has 1 aromatic heterocycles. The van der Waals surface area contributed by atoms with Crippen molar-refractivity contribution < 1.29 is 18.0 Å². The van der Waals surface area contributed by atoms with Gasteiger partial charge in [0.2, 0.25) is 5.91 Å². The van der Waals surface area contributed by atoms with E-state index in [1.807, 2.05) is 6.07 Å². The lowest BCUT2D eigenvalue weighted by atomic mass is 10.2. The van der Waals surface area contributed by atoms with E-state index in [2.05, 4.69) is 5.32 Å². The van der Waals surface area contributed by atoms with E-state index in [-0.39, 0.29) is 12.2 Å². The Balaban J connectivity index is 1.76. The summed E-state index contributed by atoms with van der Waals surface area (Å²) in [6.07, 6.45) is -2.72. The number of carbonyl (C=O) groups excluding carboxylic acids is 1. The number of hydrogen-bond donors (Lipinski definition) is 1. The van der Waals surface area contributed by atoms with Gasteiger partial charge in [0.25, 0.3) is 0 Å². The number of carbonyl (C=O) groups is 1. The molecule has 0 unspecified atom stereocenters. The number of aromatic nitrogens is 1. The number of hydrogen-bond acceptors (Lipinski definition) is 1. The van der Waals surface area contributed by atoms with E-state index in [1.165, 1.54) is 12.1 Å². The Hall–Kier alpha value is -2.47. The maximum absolute atomic E-state index is 12.7. The van der Waals surface area contributed by atoms with Crippen molar-refractivity contribution in [2.24, 2.45) is 0 Å². The third kappa shape index (κ3) is 3.54. The summed E-state index contributed by atoms with van der Waals surface area (Å²) in [5.74, 6) is -0.415. The average Bonchev–Trinajstić information content (AvgIpc) is 2.88. The van der Waals surface area contributed by atoms with Gasteiger partial charge >= 0.3 is 6.18 Å². The summed E-state index contributed by atoms with van der Waals surface area (Å²) in [5, 5.41) is 3.96. The molecule has 0 atom stereocenters.